The van der Waals surface area contributed by atoms with E-state index in [9.17, 15) is 9.13 Å². The van der Waals surface area contributed by atoms with Crippen molar-refractivity contribution in [1.82, 2.24) is 34.1 Å². The third-order valence-corrected chi connectivity index (χ3v) is 10.0. The molecule has 0 unspecified atom stereocenters. The zero-order chi connectivity index (χ0) is 31.0. The summed E-state index contributed by atoms with van der Waals surface area (Å²) in [5, 5.41) is 0. The first kappa shape index (κ1) is 29.6. The molecule has 3 aliphatic rings. The van der Waals surface area contributed by atoms with Crippen LogP contribution in [0.3, 0.4) is 0 Å². The summed E-state index contributed by atoms with van der Waals surface area (Å²) in [5.41, 5.74) is 13.1. The Kier molecular flexibility index (Phi) is 7.25. The van der Waals surface area contributed by atoms with Gasteiger partial charge >= 0.3 is 7.60 Å². The van der Waals surface area contributed by atoms with E-state index in [0.717, 1.165) is 14.2 Å². The summed E-state index contributed by atoms with van der Waals surface area (Å²) in [6, 6.07) is 1.54. The standard InChI is InChI=1S/C22H26BF2N9O8P2/c1-43(35)37-4-10-17(13(25)22(39-10)34-8-32-15-18(27)29-6-30-20(15)34)42-44(23,36)38-5-11-16(41-43)12(24)21(40-11)33-7-31-14-9(26)2-3-28-19(14)33/h2-3,6-8,10-13,16-17,21-22H,4-5,23H2,1H3,(H2,26,28)(H2,27,29,30)/t10-,11-,12-,13-,16-,17-,21-,22-,43-,44-/m1/s1. The molecular formula is C22H26BF2N9O8P2. The molecule has 3 saturated heterocycles. The number of halogens is 2. The van der Waals surface area contributed by atoms with Crippen LogP contribution in [0.15, 0.2) is 31.2 Å². The summed E-state index contributed by atoms with van der Waals surface area (Å²) in [7, 11) is -6.97. The second-order valence-corrected chi connectivity index (χ2v) is 14.6. The fourth-order valence-electron chi connectivity index (χ4n) is 5.47. The number of nitrogens with zero attached hydrogens (tertiary/aromatic N) is 7. The maximum absolute atomic E-state index is 16.0. The molecule has 234 valence electrons. The Bertz CT molecular complexity index is 1700. The van der Waals surface area contributed by atoms with Crippen LogP contribution in [0, 0.1) is 0 Å². The number of hydrogen-bond donors (Lipinski definition) is 2. The Morgan fingerprint density at radius 2 is 1.45 bits per heavy atom. The van der Waals surface area contributed by atoms with E-state index < -0.39 is 77.5 Å². The van der Waals surface area contributed by atoms with Gasteiger partial charge in [0, 0.05) is 12.9 Å². The number of rotatable bonds is 2. The molecule has 7 heterocycles. The minimum atomic E-state index is -4.05. The lowest BCUT2D eigenvalue weighted by Crippen LogP contribution is -2.37. The SMILES string of the molecule is B[P@@]1(=O)OC[C@H]2O[C@@H](n3cnc4c(N)ccnc43)[C@H](F)[C@@H]2O[P@](C)(=O)OC[C@H]2O[C@@H](n3cnc4c(N)ncnc43)[C@H](F)[C@@H]2O1. The summed E-state index contributed by atoms with van der Waals surface area (Å²) in [6.07, 6.45) is -6.92. The third-order valence-electron chi connectivity index (χ3n) is 7.53. The second-order valence-electron chi connectivity index (χ2n) is 10.6. The highest BCUT2D eigenvalue weighted by Gasteiger charge is 2.54. The van der Waals surface area contributed by atoms with Crippen molar-refractivity contribution in [2.75, 3.05) is 31.3 Å². The normalized spacial score (nSPS) is 38.2. The third kappa shape index (κ3) is 5.08. The molecule has 3 fully saturated rings. The zero-order valence-corrected chi connectivity index (χ0v) is 24.9. The molecule has 44 heavy (non-hydrogen) atoms. The van der Waals surface area contributed by atoms with Crippen molar-refractivity contribution in [3.8, 4) is 0 Å². The number of alkyl halides is 2. The summed E-state index contributed by atoms with van der Waals surface area (Å²) in [5.74, 6) is 0.0755. The van der Waals surface area contributed by atoms with Crippen molar-refractivity contribution in [3.05, 3.63) is 31.2 Å². The molecule has 0 aliphatic carbocycles. The van der Waals surface area contributed by atoms with Crippen LogP contribution in [0.1, 0.15) is 12.5 Å². The van der Waals surface area contributed by atoms with Gasteiger partial charge in [0.15, 0.2) is 41.9 Å². The Hall–Kier alpha value is -3.09. The number of hydrogen-bond acceptors (Lipinski definition) is 15. The van der Waals surface area contributed by atoms with Crippen molar-refractivity contribution in [2.24, 2.45) is 0 Å². The molecule has 4 N–H and O–H groups in total. The summed E-state index contributed by atoms with van der Waals surface area (Å²) in [6.45, 7) is 0.0697. The lowest BCUT2D eigenvalue weighted by molar-refractivity contribution is -0.0556. The van der Waals surface area contributed by atoms with Gasteiger partial charge < -0.3 is 34.5 Å². The Morgan fingerprint density at radius 1 is 0.864 bits per heavy atom. The first-order valence-corrected chi connectivity index (χ1v) is 17.3. The highest BCUT2D eigenvalue weighted by molar-refractivity contribution is 7.79. The molecule has 3 aliphatic heterocycles. The fourth-order valence-corrected chi connectivity index (χ4v) is 7.82. The molecule has 0 bridgehead atoms. The largest absolute Gasteiger partial charge is 0.397 e. The van der Waals surface area contributed by atoms with Crippen LogP contribution in [0.25, 0.3) is 22.3 Å². The van der Waals surface area contributed by atoms with Crippen molar-refractivity contribution >= 4 is 56.5 Å². The van der Waals surface area contributed by atoms with E-state index in [2.05, 4.69) is 24.9 Å². The van der Waals surface area contributed by atoms with E-state index in [1.54, 1.807) is 6.07 Å². The summed E-state index contributed by atoms with van der Waals surface area (Å²) >= 11 is 0. The Labute approximate surface area is 248 Å². The van der Waals surface area contributed by atoms with Crippen molar-refractivity contribution in [1.29, 1.82) is 0 Å². The number of imidazole rings is 2. The van der Waals surface area contributed by atoms with Crippen molar-refractivity contribution in [2.45, 2.75) is 49.2 Å². The van der Waals surface area contributed by atoms with Crippen LogP contribution in [0.2, 0.25) is 0 Å². The van der Waals surface area contributed by atoms with E-state index in [0.29, 0.717) is 11.2 Å². The molecule has 0 spiro atoms. The van der Waals surface area contributed by atoms with Gasteiger partial charge in [-0.15, -0.1) is 0 Å². The molecule has 0 aromatic carbocycles. The Balaban J connectivity index is 1.17. The zero-order valence-electron chi connectivity index (χ0n) is 23.1. The van der Waals surface area contributed by atoms with Crippen molar-refractivity contribution in [3.63, 3.8) is 0 Å². The first-order valence-electron chi connectivity index (χ1n) is 13.3. The molecule has 0 saturated carbocycles. The molecule has 4 aromatic rings. The van der Waals surface area contributed by atoms with Gasteiger partial charge in [-0.05, 0) is 6.07 Å². The minimum absolute atomic E-state index is 0.0755. The van der Waals surface area contributed by atoms with Crippen LogP contribution in [-0.4, -0.2) is 98.3 Å². The molecular weight excluding hydrogens is 629 g/mol. The van der Waals surface area contributed by atoms with Crippen LogP contribution in [0.5, 0.6) is 0 Å². The van der Waals surface area contributed by atoms with Crippen LogP contribution < -0.4 is 11.5 Å². The van der Waals surface area contributed by atoms with Gasteiger partial charge in [0.2, 0.25) is 0 Å². The molecule has 0 radical (unpaired) electrons. The lowest BCUT2D eigenvalue weighted by atomic mass is 10.1. The quantitative estimate of drug-likeness (QED) is 0.230. The van der Waals surface area contributed by atoms with Gasteiger partial charge in [0.25, 0.3) is 15.0 Å². The van der Waals surface area contributed by atoms with E-state index in [4.69, 9.17) is 39.0 Å². The highest BCUT2D eigenvalue weighted by atomic mass is 31.2. The molecule has 17 nitrogen and oxygen atoms in total. The van der Waals surface area contributed by atoms with Gasteiger partial charge in [-0.2, -0.15) is 0 Å². The van der Waals surface area contributed by atoms with Gasteiger partial charge in [-0.1, -0.05) is 0 Å². The fraction of sp³-hybridized carbons (Fsp3) is 0.500. The second kappa shape index (κ2) is 10.8. The lowest BCUT2D eigenvalue weighted by Gasteiger charge is -2.29. The van der Waals surface area contributed by atoms with Crippen LogP contribution >= 0.6 is 15.1 Å². The number of aromatic nitrogens is 7. The van der Waals surface area contributed by atoms with Gasteiger partial charge in [0.1, 0.15) is 41.8 Å². The number of nitrogen functional groups attached to an aromatic ring is 2. The molecule has 7 rings (SSSR count). The highest BCUT2D eigenvalue weighted by Crippen LogP contribution is 2.54. The number of pyridine rings is 1. The van der Waals surface area contributed by atoms with Crippen molar-refractivity contribution < 1.29 is 45.5 Å². The molecule has 10 atom stereocenters. The van der Waals surface area contributed by atoms with E-state index in [1.165, 1.54) is 34.3 Å². The number of ether oxygens (including phenoxy) is 2. The van der Waals surface area contributed by atoms with Crippen LogP contribution in [0.4, 0.5) is 20.3 Å². The predicted molar refractivity (Wildman–Crippen MR) is 151 cm³/mol. The van der Waals surface area contributed by atoms with E-state index in [1.807, 2.05) is 0 Å². The molecule has 0 amide bonds. The van der Waals surface area contributed by atoms with Gasteiger partial charge in [0.05, 0.1) is 31.6 Å². The maximum atomic E-state index is 16.0. The number of fused-ring (bicyclic) bond motifs is 4. The average molecular weight is 655 g/mol. The number of nitrogens with two attached hydrogens (primary N) is 2. The average Bonchev–Trinajstić information content (AvgIpc) is 3.73. The number of anilines is 2. The van der Waals surface area contributed by atoms with Gasteiger partial charge in [-0.3, -0.25) is 22.8 Å². The van der Waals surface area contributed by atoms with Crippen LogP contribution in [-0.2, 0) is 36.7 Å². The molecule has 4 aromatic heterocycles. The smallest absolute Gasteiger partial charge is 0.328 e. The summed E-state index contributed by atoms with van der Waals surface area (Å²) in [4.78, 5) is 20.5. The van der Waals surface area contributed by atoms with E-state index in [-0.39, 0.29) is 22.6 Å². The molecule has 22 heteroatoms. The minimum Gasteiger partial charge on any atom is -0.397 e. The maximum Gasteiger partial charge on any atom is 0.328 e. The van der Waals surface area contributed by atoms with E-state index >= 15 is 8.78 Å². The predicted octanol–water partition coefficient (Wildman–Crippen LogP) is 1.29. The first-order chi connectivity index (χ1) is 20.9. The Morgan fingerprint density at radius 3 is 2.14 bits per heavy atom. The summed E-state index contributed by atoms with van der Waals surface area (Å²) < 4.78 is 95.9. The monoisotopic (exact) mass is 655 g/mol. The topological polar surface area (TPSA) is 216 Å². The van der Waals surface area contributed by atoms with Gasteiger partial charge in [-0.25, -0.2) is 33.7 Å².